The van der Waals surface area contributed by atoms with Gasteiger partial charge >= 0.3 is 0 Å². The van der Waals surface area contributed by atoms with Crippen molar-refractivity contribution >= 4 is 37.5 Å². The fourth-order valence-corrected chi connectivity index (χ4v) is 3.21. The molecular weight excluding hydrogens is 218 g/mol. The minimum Gasteiger partial charge on any atom is -0.389 e. The molecule has 16 heavy (non-hydrogen) atoms. The monoisotopic (exact) mass is 227 g/mol. The van der Waals surface area contributed by atoms with Crippen LogP contribution in [0.4, 0.5) is 5.00 Å². The number of nitriles is 1. The molecule has 2 heterocycles. The van der Waals surface area contributed by atoms with E-state index in [9.17, 15) is 0 Å². The first-order valence-electron chi connectivity index (χ1n) is 4.89. The first-order chi connectivity index (χ1) is 7.74. The lowest BCUT2D eigenvalue weighted by Gasteiger charge is -1.97. The highest BCUT2D eigenvalue weighted by Crippen LogP contribution is 2.39. The second kappa shape index (κ2) is 3.00. The van der Waals surface area contributed by atoms with Gasteiger partial charge in [-0.05, 0) is 6.07 Å². The number of anilines is 1. The molecule has 0 unspecified atom stereocenters. The highest BCUT2D eigenvalue weighted by molar-refractivity contribution is 7.24. The first-order valence-corrected chi connectivity index (χ1v) is 5.71. The van der Waals surface area contributed by atoms with Gasteiger partial charge in [-0.2, -0.15) is 5.26 Å². The summed E-state index contributed by atoms with van der Waals surface area (Å²) < 4.78 is 3.14. The van der Waals surface area contributed by atoms with E-state index < -0.39 is 0 Å². The Labute approximate surface area is 96.3 Å². The SMILES string of the molecule is Cn1c2ccccc2c2sc(N)c(C#N)c21. The lowest BCUT2D eigenvalue weighted by molar-refractivity contribution is 1.01. The molecule has 0 aliphatic carbocycles. The van der Waals surface area contributed by atoms with Gasteiger partial charge in [-0.3, -0.25) is 0 Å². The van der Waals surface area contributed by atoms with Gasteiger partial charge in [-0.25, -0.2) is 0 Å². The number of fused-ring (bicyclic) bond motifs is 3. The molecule has 0 amide bonds. The standard InChI is InChI=1S/C12H9N3S/c1-15-9-5-3-2-4-7(9)11-10(15)8(6-13)12(14)16-11/h2-5H,14H2,1H3. The summed E-state index contributed by atoms with van der Waals surface area (Å²) in [7, 11) is 1.97. The number of benzene rings is 1. The van der Waals surface area contributed by atoms with Gasteiger partial charge in [0, 0.05) is 18.0 Å². The van der Waals surface area contributed by atoms with Crippen LogP contribution in [0.25, 0.3) is 21.1 Å². The Bertz CT molecular complexity index is 743. The van der Waals surface area contributed by atoms with E-state index in [1.807, 2.05) is 23.7 Å². The predicted octanol–water partition coefficient (Wildman–Crippen LogP) is 2.85. The molecule has 0 radical (unpaired) electrons. The van der Waals surface area contributed by atoms with E-state index in [1.165, 1.54) is 16.7 Å². The Morgan fingerprint density at radius 3 is 2.88 bits per heavy atom. The summed E-state index contributed by atoms with van der Waals surface area (Å²) in [4.78, 5) is 0. The van der Waals surface area contributed by atoms with Gasteiger partial charge in [0.25, 0.3) is 0 Å². The van der Waals surface area contributed by atoms with Crippen molar-refractivity contribution in [1.82, 2.24) is 4.57 Å². The van der Waals surface area contributed by atoms with Crippen molar-refractivity contribution in [3.8, 4) is 6.07 Å². The molecule has 4 heteroatoms. The number of rotatable bonds is 0. The fourth-order valence-electron chi connectivity index (χ4n) is 2.13. The van der Waals surface area contributed by atoms with E-state index in [0.717, 1.165) is 15.7 Å². The van der Waals surface area contributed by atoms with Gasteiger partial charge in [0.1, 0.15) is 16.6 Å². The quantitative estimate of drug-likeness (QED) is 0.642. The van der Waals surface area contributed by atoms with Crippen molar-refractivity contribution in [2.45, 2.75) is 0 Å². The zero-order valence-corrected chi connectivity index (χ0v) is 9.51. The van der Waals surface area contributed by atoms with Gasteiger partial charge in [0.2, 0.25) is 0 Å². The second-order valence-corrected chi connectivity index (χ2v) is 4.76. The highest BCUT2D eigenvalue weighted by atomic mass is 32.1. The van der Waals surface area contributed by atoms with Crippen LogP contribution in [0.3, 0.4) is 0 Å². The van der Waals surface area contributed by atoms with E-state index >= 15 is 0 Å². The molecular formula is C12H9N3S. The average Bonchev–Trinajstić information content (AvgIpc) is 2.76. The third-order valence-electron chi connectivity index (χ3n) is 2.87. The maximum absolute atomic E-state index is 9.12. The molecule has 0 atom stereocenters. The molecule has 0 bridgehead atoms. The fraction of sp³-hybridized carbons (Fsp3) is 0.0833. The number of hydrogen-bond donors (Lipinski definition) is 1. The maximum atomic E-state index is 9.12. The highest BCUT2D eigenvalue weighted by Gasteiger charge is 2.16. The summed E-state index contributed by atoms with van der Waals surface area (Å²) in [6.07, 6.45) is 0. The molecule has 0 spiro atoms. The topological polar surface area (TPSA) is 54.7 Å². The van der Waals surface area contributed by atoms with Gasteiger partial charge in [-0.1, -0.05) is 18.2 Å². The Balaban J connectivity index is 2.66. The molecule has 2 aromatic heterocycles. The number of nitrogens with zero attached hydrogens (tertiary/aromatic N) is 2. The molecule has 0 fully saturated rings. The lowest BCUT2D eigenvalue weighted by Crippen LogP contribution is -1.90. The first kappa shape index (κ1) is 9.25. The normalized spacial score (nSPS) is 11.0. The van der Waals surface area contributed by atoms with Crippen LogP contribution in [0.5, 0.6) is 0 Å². The van der Waals surface area contributed by atoms with E-state index in [0.29, 0.717) is 10.6 Å². The number of nitrogens with two attached hydrogens (primary N) is 1. The smallest absolute Gasteiger partial charge is 0.110 e. The van der Waals surface area contributed by atoms with E-state index in [1.54, 1.807) is 0 Å². The number of aryl methyl sites for hydroxylation is 1. The summed E-state index contributed by atoms with van der Waals surface area (Å²) in [6, 6.07) is 10.3. The minimum atomic E-state index is 0.596. The number of thiophene rings is 1. The molecule has 0 aliphatic rings. The van der Waals surface area contributed by atoms with E-state index in [2.05, 4.69) is 18.2 Å². The van der Waals surface area contributed by atoms with Gasteiger partial charge < -0.3 is 10.3 Å². The van der Waals surface area contributed by atoms with Crippen LogP contribution in [-0.2, 0) is 7.05 Å². The molecule has 0 saturated carbocycles. The maximum Gasteiger partial charge on any atom is 0.110 e. The molecule has 78 valence electrons. The summed E-state index contributed by atoms with van der Waals surface area (Å²) in [6.45, 7) is 0. The number of nitrogen functional groups attached to an aromatic ring is 1. The number of para-hydroxylation sites is 1. The van der Waals surface area contributed by atoms with Gasteiger partial charge in [0.15, 0.2) is 0 Å². The Morgan fingerprint density at radius 1 is 1.38 bits per heavy atom. The van der Waals surface area contributed by atoms with Crippen LogP contribution >= 0.6 is 11.3 Å². The summed E-state index contributed by atoms with van der Waals surface area (Å²) in [5, 5.41) is 10.9. The minimum absolute atomic E-state index is 0.596. The van der Waals surface area contributed by atoms with Crippen molar-refractivity contribution in [3.05, 3.63) is 29.8 Å². The molecule has 2 N–H and O–H groups in total. The largest absolute Gasteiger partial charge is 0.389 e. The zero-order chi connectivity index (χ0) is 11.3. The van der Waals surface area contributed by atoms with Crippen molar-refractivity contribution in [2.24, 2.45) is 7.05 Å². The summed E-state index contributed by atoms with van der Waals surface area (Å²) >= 11 is 1.49. The van der Waals surface area contributed by atoms with Crippen LogP contribution in [0.1, 0.15) is 5.56 Å². The second-order valence-electron chi connectivity index (χ2n) is 3.71. The number of aromatic nitrogens is 1. The van der Waals surface area contributed by atoms with Crippen LogP contribution < -0.4 is 5.73 Å². The van der Waals surface area contributed by atoms with Gasteiger partial charge in [0.05, 0.1) is 10.2 Å². The molecule has 3 rings (SSSR count). The molecule has 0 aliphatic heterocycles. The zero-order valence-electron chi connectivity index (χ0n) is 8.69. The number of hydrogen-bond acceptors (Lipinski definition) is 3. The van der Waals surface area contributed by atoms with Crippen molar-refractivity contribution in [2.75, 3.05) is 5.73 Å². The Morgan fingerprint density at radius 2 is 2.12 bits per heavy atom. The predicted molar refractivity (Wildman–Crippen MR) is 67.4 cm³/mol. The van der Waals surface area contributed by atoms with E-state index in [4.69, 9.17) is 11.0 Å². The lowest BCUT2D eigenvalue weighted by atomic mass is 10.2. The third kappa shape index (κ3) is 0.957. The van der Waals surface area contributed by atoms with Crippen LogP contribution in [0, 0.1) is 11.3 Å². The molecule has 3 nitrogen and oxygen atoms in total. The average molecular weight is 227 g/mol. The Kier molecular flexibility index (Phi) is 1.73. The molecule has 0 saturated heterocycles. The van der Waals surface area contributed by atoms with Crippen LogP contribution in [0.15, 0.2) is 24.3 Å². The van der Waals surface area contributed by atoms with E-state index in [-0.39, 0.29) is 0 Å². The van der Waals surface area contributed by atoms with Gasteiger partial charge in [-0.15, -0.1) is 11.3 Å². The van der Waals surface area contributed by atoms with Crippen molar-refractivity contribution in [1.29, 1.82) is 5.26 Å². The van der Waals surface area contributed by atoms with Crippen molar-refractivity contribution in [3.63, 3.8) is 0 Å². The molecule has 1 aromatic carbocycles. The Hall–Kier alpha value is -1.99. The van der Waals surface area contributed by atoms with Crippen LogP contribution in [0.2, 0.25) is 0 Å². The molecule has 3 aromatic rings. The summed E-state index contributed by atoms with van der Waals surface area (Å²) in [5.41, 5.74) is 8.54. The summed E-state index contributed by atoms with van der Waals surface area (Å²) in [5.74, 6) is 0. The van der Waals surface area contributed by atoms with Crippen LogP contribution in [-0.4, -0.2) is 4.57 Å². The van der Waals surface area contributed by atoms with Crippen molar-refractivity contribution < 1.29 is 0 Å². The third-order valence-corrected chi connectivity index (χ3v) is 3.91.